The Morgan fingerprint density at radius 2 is 1.74 bits per heavy atom. The van der Waals surface area contributed by atoms with Gasteiger partial charge in [-0.05, 0) is 80.3 Å². The molecule has 0 radical (unpaired) electrons. The number of fused-ring (bicyclic) bond motifs is 2. The first-order chi connectivity index (χ1) is 18.3. The lowest BCUT2D eigenvalue weighted by molar-refractivity contribution is 0.0971. The van der Waals surface area contributed by atoms with Gasteiger partial charge in [-0.25, -0.2) is 4.39 Å². The number of hydrogen-bond donors (Lipinski definition) is 0. The Labute approximate surface area is 220 Å². The average molecular weight is 516 g/mol. The number of ether oxygens (including phenoxy) is 2. The normalized spacial score (nSPS) is 14.8. The highest BCUT2D eigenvalue weighted by Crippen LogP contribution is 2.43. The molecule has 7 heteroatoms. The van der Waals surface area contributed by atoms with E-state index in [0.29, 0.717) is 52.9 Å². The van der Waals surface area contributed by atoms with Gasteiger partial charge in [0.15, 0.2) is 16.9 Å². The summed E-state index contributed by atoms with van der Waals surface area (Å²) >= 11 is 0. The fourth-order valence-corrected chi connectivity index (χ4v) is 4.76. The van der Waals surface area contributed by atoms with E-state index < -0.39 is 17.8 Å². The highest BCUT2D eigenvalue weighted by atomic mass is 19.1. The summed E-state index contributed by atoms with van der Waals surface area (Å²) in [6.07, 6.45) is 0.893. The van der Waals surface area contributed by atoms with Crippen molar-refractivity contribution in [2.75, 3.05) is 18.1 Å². The van der Waals surface area contributed by atoms with Crippen molar-refractivity contribution < 1.29 is 23.1 Å². The summed E-state index contributed by atoms with van der Waals surface area (Å²) in [5.41, 5.74) is 2.32. The molecular formula is C31H30FNO5. The van der Waals surface area contributed by atoms with Crippen molar-refractivity contribution in [3.63, 3.8) is 0 Å². The van der Waals surface area contributed by atoms with Crippen LogP contribution in [0.25, 0.3) is 11.0 Å². The monoisotopic (exact) mass is 515 g/mol. The Morgan fingerprint density at radius 3 is 2.45 bits per heavy atom. The maximum Gasteiger partial charge on any atom is 0.295 e. The van der Waals surface area contributed by atoms with Gasteiger partial charge in [-0.2, -0.15) is 0 Å². The van der Waals surface area contributed by atoms with Gasteiger partial charge >= 0.3 is 0 Å². The molecular weight excluding hydrogens is 485 g/mol. The van der Waals surface area contributed by atoms with E-state index in [1.807, 2.05) is 26.0 Å². The molecule has 0 spiro atoms. The predicted octanol–water partition coefficient (Wildman–Crippen LogP) is 6.81. The summed E-state index contributed by atoms with van der Waals surface area (Å²) in [4.78, 5) is 29.1. The summed E-state index contributed by atoms with van der Waals surface area (Å²) in [6.45, 7) is 8.99. The minimum Gasteiger partial charge on any atom is -0.490 e. The van der Waals surface area contributed by atoms with Crippen LogP contribution in [0.15, 0.2) is 69.9 Å². The molecule has 0 saturated carbocycles. The molecule has 1 unspecified atom stereocenters. The fraction of sp³-hybridized carbons (Fsp3) is 0.290. The molecule has 5 rings (SSSR count). The van der Waals surface area contributed by atoms with Crippen LogP contribution in [0, 0.1) is 18.7 Å². The van der Waals surface area contributed by atoms with Crippen molar-refractivity contribution in [2.45, 2.75) is 40.2 Å². The number of amides is 1. The standard InChI is InChI=1S/C31H30FNO5/c1-5-36-26-17-20(7-13-25(26)37-15-14-18(2)3)28-27-29(34)23-16-19(4)6-12-24(23)38-30(27)31(35)33(28)22-10-8-21(32)9-11-22/h6-13,16-18,28H,5,14-15H2,1-4H3. The quantitative estimate of drug-likeness (QED) is 0.258. The van der Waals surface area contributed by atoms with E-state index in [4.69, 9.17) is 13.9 Å². The molecule has 1 aliphatic rings. The Bertz CT molecular complexity index is 1560. The first-order valence-electron chi connectivity index (χ1n) is 12.8. The van der Waals surface area contributed by atoms with Crippen molar-refractivity contribution >= 4 is 22.6 Å². The van der Waals surface area contributed by atoms with E-state index in [1.54, 1.807) is 24.3 Å². The average Bonchev–Trinajstić information content (AvgIpc) is 3.18. The number of carbonyl (C=O) groups excluding carboxylic acids is 1. The molecule has 196 valence electrons. The summed E-state index contributed by atoms with van der Waals surface area (Å²) in [5.74, 6) is 0.700. The van der Waals surface area contributed by atoms with Crippen LogP contribution in [0.1, 0.15) is 60.5 Å². The van der Waals surface area contributed by atoms with Crippen LogP contribution >= 0.6 is 0 Å². The van der Waals surface area contributed by atoms with Crippen LogP contribution < -0.4 is 19.8 Å². The second-order valence-electron chi connectivity index (χ2n) is 9.90. The molecule has 4 aromatic rings. The maximum atomic E-state index is 13.9. The lowest BCUT2D eigenvalue weighted by atomic mass is 9.97. The SMILES string of the molecule is CCOc1cc(C2c3c(oc4ccc(C)cc4c3=O)C(=O)N2c2ccc(F)cc2)ccc1OCCC(C)C. The Kier molecular flexibility index (Phi) is 6.93. The minimum atomic E-state index is -0.798. The van der Waals surface area contributed by atoms with Crippen LogP contribution in [0.4, 0.5) is 10.1 Å². The number of hydrogen-bond acceptors (Lipinski definition) is 5. The lowest BCUT2D eigenvalue weighted by Crippen LogP contribution is -2.29. The summed E-state index contributed by atoms with van der Waals surface area (Å²) in [7, 11) is 0. The van der Waals surface area contributed by atoms with Crippen molar-refractivity contribution in [2.24, 2.45) is 5.92 Å². The first kappa shape index (κ1) is 25.5. The summed E-state index contributed by atoms with van der Waals surface area (Å²) < 4.78 is 31.7. The van der Waals surface area contributed by atoms with Crippen molar-refractivity contribution in [1.29, 1.82) is 0 Å². The molecule has 1 amide bonds. The lowest BCUT2D eigenvalue weighted by Gasteiger charge is -2.26. The van der Waals surface area contributed by atoms with E-state index in [2.05, 4.69) is 13.8 Å². The van der Waals surface area contributed by atoms with Gasteiger partial charge in [0.05, 0.1) is 30.2 Å². The molecule has 0 aliphatic carbocycles. The number of anilines is 1. The van der Waals surface area contributed by atoms with Gasteiger partial charge in [0.25, 0.3) is 5.91 Å². The second-order valence-corrected chi connectivity index (χ2v) is 9.90. The zero-order chi connectivity index (χ0) is 27.0. The van der Waals surface area contributed by atoms with Gasteiger partial charge in [-0.3, -0.25) is 14.5 Å². The Morgan fingerprint density at radius 1 is 0.974 bits per heavy atom. The van der Waals surface area contributed by atoms with E-state index in [0.717, 1.165) is 12.0 Å². The fourth-order valence-electron chi connectivity index (χ4n) is 4.76. The highest BCUT2D eigenvalue weighted by Gasteiger charge is 2.44. The van der Waals surface area contributed by atoms with Gasteiger partial charge in [0.1, 0.15) is 11.4 Å². The van der Waals surface area contributed by atoms with E-state index in [-0.39, 0.29) is 16.8 Å². The van der Waals surface area contributed by atoms with E-state index >= 15 is 0 Å². The van der Waals surface area contributed by atoms with E-state index in [9.17, 15) is 14.0 Å². The smallest absolute Gasteiger partial charge is 0.295 e. The Hall–Kier alpha value is -4.13. The van der Waals surface area contributed by atoms with Gasteiger partial charge in [-0.1, -0.05) is 31.5 Å². The van der Waals surface area contributed by atoms with Crippen LogP contribution in [0.5, 0.6) is 11.5 Å². The van der Waals surface area contributed by atoms with Gasteiger partial charge < -0.3 is 13.9 Å². The molecule has 1 atom stereocenters. The van der Waals surface area contributed by atoms with Gasteiger partial charge in [0, 0.05) is 5.69 Å². The number of aryl methyl sites for hydroxylation is 1. The Balaban J connectivity index is 1.69. The number of carbonyl (C=O) groups is 1. The van der Waals surface area contributed by atoms with Gasteiger partial charge in [-0.15, -0.1) is 0 Å². The second kappa shape index (κ2) is 10.3. The largest absolute Gasteiger partial charge is 0.490 e. The number of nitrogens with zero attached hydrogens (tertiary/aromatic N) is 1. The number of halogens is 1. The molecule has 3 aromatic carbocycles. The van der Waals surface area contributed by atoms with E-state index in [1.165, 1.54) is 29.2 Å². The van der Waals surface area contributed by atoms with Crippen molar-refractivity contribution in [3.8, 4) is 11.5 Å². The van der Waals surface area contributed by atoms with Gasteiger partial charge in [0.2, 0.25) is 5.76 Å². The first-order valence-corrected chi connectivity index (χ1v) is 12.8. The number of benzene rings is 3. The highest BCUT2D eigenvalue weighted by molar-refractivity contribution is 6.10. The minimum absolute atomic E-state index is 0.0177. The van der Waals surface area contributed by atoms with Crippen LogP contribution in [0.2, 0.25) is 0 Å². The third kappa shape index (κ3) is 4.64. The molecule has 6 nitrogen and oxygen atoms in total. The molecule has 0 N–H and O–H groups in total. The third-order valence-corrected chi connectivity index (χ3v) is 6.67. The molecule has 1 aliphatic heterocycles. The van der Waals surface area contributed by atoms with Crippen molar-refractivity contribution in [1.82, 2.24) is 0 Å². The molecule has 38 heavy (non-hydrogen) atoms. The zero-order valence-corrected chi connectivity index (χ0v) is 21.9. The summed E-state index contributed by atoms with van der Waals surface area (Å²) in [5, 5.41) is 0.404. The maximum absolute atomic E-state index is 13.9. The zero-order valence-electron chi connectivity index (χ0n) is 21.9. The van der Waals surface area contributed by atoms with Crippen molar-refractivity contribution in [3.05, 3.63) is 99.2 Å². The molecule has 1 aromatic heterocycles. The number of rotatable bonds is 8. The molecule has 2 heterocycles. The van der Waals surface area contributed by atoms with Crippen LogP contribution in [-0.4, -0.2) is 19.1 Å². The van der Waals surface area contributed by atoms with Crippen LogP contribution in [0.3, 0.4) is 0 Å². The topological polar surface area (TPSA) is 69.0 Å². The third-order valence-electron chi connectivity index (χ3n) is 6.67. The summed E-state index contributed by atoms with van der Waals surface area (Å²) in [6, 6.07) is 15.6. The van der Waals surface area contributed by atoms with Crippen LogP contribution in [-0.2, 0) is 0 Å². The molecule has 0 fully saturated rings. The molecule has 0 bridgehead atoms. The molecule has 0 saturated heterocycles. The predicted molar refractivity (Wildman–Crippen MR) is 145 cm³/mol.